The Balaban J connectivity index is 2.19. The molecule has 0 bridgehead atoms. The zero-order valence-corrected chi connectivity index (χ0v) is 9.93. The first kappa shape index (κ1) is 11.4. The van der Waals surface area contributed by atoms with Gasteiger partial charge in [0.15, 0.2) is 0 Å². The van der Waals surface area contributed by atoms with Gasteiger partial charge >= 0.3 is 0 Å². The van der Waals surface area contributed by atoms with Crippen molar-refractivity contribution in [2.75, 3.05) is 0 Å². The Bertz CT molecular complexity index is 332. The van der Waals surface area contributed by atoms with E-state index in [4.69, 9.17) is 0 Å². The molecule has 0 amide bonds. The van der Waals surface area contributed by atoms with Crippen molar-refractivity contribution >= 4 is 5.78 Å². The molecule has 1 aliphatic rings. The number of Topliss-reactive ketones (excluding diaryl/α,β-unsaturated/α-hetero) is 1. The number of ketones is 1. The molecule has 1 fully saturated rings. The van der Waals surface area contributed by atoms with E-state index in [0.29, 0.717) is 18.2 Å². The topological polar surface area (TPSA) is 34.9 Å². The molecule has 1 aromatic rings. The number of nitrogens with zero attached hydrogens (tertiary/aromatic N) is 2. The van der Waals surface area contributed by atoms with E-state index in [1.165, 1.54) is 19.3 Å². The van der Waals surface area contributed by atoms with Gasteiger partial charge in [-0.25, -0.2) is 4.98 Å². The van der Waals surface area contributed by atoms with E-state index in [1.807, 2.05) is 19.4 Å². The lowest BCUT2D eigenvalue weighted by atomic mass is 9.89. The Morgan fingerprint density at radius 1 is 1.38 bits per heavy atom. The number of rotatable bonds is 3. The lowest BCUT2D eigenvalue weighted by molar-refractivity contribution is -0.124. The van der Waals surface area contributed by atoms with E-state index in [-0.39, 0.29) is 5.92 Å². The molecule has 0 aromatic carbocycles. The van der Waals surface area contributed by atoms with Crippen LogP contribution in [0.3, 0.4) is 0 Å². The summed E-state index contributed by atoms with van der Waals surface area (Å²) in [6.07, 6.45) is 12.2. The first-order valence-electron chi connectivity index (χ1n) is 6.33. The third-order valence-corrected chi connectivity index (χ3v) is 3.65. The number of aromatic nitrogens is 2. The molecule has 2 unspecified atom stereocenters. The van der Waals surface area contributed by atoms with Gasteiger partial charge in [-0.3, -0.25) is 4.79 Å². The lowest BCUT2D eigenvalue weighted by Gasteiger charge is -2.24. The van der Waals surface area contributed by atoms with E-state index in [9.17, 15) is 4.79 Å². The lowest BCUT2D eigenvalue weighted by Crippen LogP contribution is -2.24. The standard InChI is InChI=1S/C13H20N2O/c1-2-13(16)11-6-4-3-5-7-12(11)15-9-8-14-10-15/h8-12H,2-7H2,1H3. The van der Waals surface area contributed by atoms with Crippen LogP contribution in [0, 0.1) is 5.92 Å². The van der Waals surface area contributed by atoms with Gasteiger partial charge in [0.2, 0.25) is 0 Å². The van der Waals surface area contributed by atoms with Crippen LogP contribution in [0.25, 0.3) is 0 Å². The maximum atomic E-state index is 12.0. The zero-order chi connectivity index (χ0) is 11.4. The van der Waals surface area contributed by atoms with E-state index < -0.39 is 0 Å². The zero-order valence-electron chi connectivity index (χ0n) is 9.93. The van der Waals surface area contributed by atoms with Gasteiger partial charge < -0.3 is 4.57 Å². The van der Waals surface area contributed by atoms with Gasteiger partial charge in [0.05, 0.1) is 6.33 Å². The number of hydrogen-bond acceptors (Lipinski definition) is 2. The van der Waals surface area contributed by atoms with Crippen LogP contribution in [0.15, 0.2) is 18.7 Å². The summed E-state index contributed by atoms with van der Waals surface area (Å²) in [6, 6.07) is 0.345. The number of hydrogen-bond donors (Lipinski definition) is 0. The monoisotopic (exact) mass is 220 g/mol. The van der Waals surface area contributed by atoms with Crippen LogP contribution < -0.4 is 0 Å². The Kier molecular flexibility index (Phi) is 3.75. The van der Waals surface area contributed by atoms with Crippen LogP contribution in [0.4, 0.5) is 0 Å². The average molecular weight is 220 g/mol. The Morgan fingerprint density at radius 3 is 2.88 bits per heavy atom. The quantitative estimate of drug-likeness (QED) is 0.734. The Hall–Kier alpha value is -1.12. The molecule has 0 N–H and O–H groups in total. The molecule has 2 rings (SSSR count). The van der Waals surface area contributed by atoms with E-state index >= 15 is 0 Å². The van der Waals surface area contributed by atoms with E-state index in [2.05, 4.69) is 9.55 Å². The van der Waals surface area contributed by atoms with Gasteiger partial charge in [0.25, 0.3) is 0 Å². The maximum Gasteiger partial charge on any atom is 0.137 e. The summed E-state index contributed by atoms with van der Waals surface area (Å²) in [5.41, 5.74) is 0. The molecule has 2 atom stereocenters. The van der Waals surface area contributed by atoms with Crippen molar-refractivity contribution in [1.82, 2.24) is 9.55 Å². The van der Waals surface area contributed by atoms with Crippen molar-refractivity contribution in [3.63, 3.8) is 0 Å². The van der Waals surface area contributed by atoms with Crippen LogP contribution in [-0.4, -0.2) is 15.3 Å². The predicted octanol–water partition coefficient (Wildman–Crippen LogP) is 2.98. The highest BCUT2D eigenvalue weighted by molar-refractivity contribution is 5.81. The molecule has 0 aliphatic heterocycles. The summed E-state index contributed by atoms with van der Waals surface area (Å²) in [6.45, 7) is 1.97. The van der Waals surface area contributed by atoms with Crippen LogP contribution in [0.5, 0.6) is 0 Å². The fourth-order valence-corrected chi connectivity index (χ4v) is 2.75. The summed E-state index contributed by atoms with van der Waals surface area (Å²) in [4.78, 5) is 16.1. The van der Waals surface area contributed by atoms with Crippen molar-refractivity contribution in [2.24, 2.45) is 5.92 Å². The Labute approximate surface area is 96.9 Å². The van der Waals surface area contributed by atoms with Crippen LogP contribution >= 0.6 is 0 Å². The van der Waals surface area contributed by atoms with Gasteiger partial charge in [-0.15, -0.1) is 0 Å². The van der Waals surface area contributed by atoms with E-state index in [1.54, 1.807) is 6.20 Å². The molecule has 16 heavy (non-hydrogen) atoms. The fraction of sp³-hybridized carbons (Fsp3) is 0.692. The second kappa shape index (κ2) is 5.28. The molecule has 1 aliphatic carbocycles. The van der Waals surface area contributed by atoms with Gasteiger partial charge in [0.1, 0.15) is 5.78 Å². The molecule has 1 aromatic heterocycles. The highest BCUT2D eigenvalue weighted by Crippen LogP contribution is 2.33. The second-order valence-electron chi connectivity index (χ2n) is 4.64. The van der Waals surface area contributed by atoms with Crippen molar-refractivity contribution in [3.8, 4) is 0 Å². The largest absolute Gasteiger partial charge is 0.334 e. The molecular formula is C13H20N2O. The number of carbonyl (C=O) groups is 1. The minimum Gasteiger partial charge on any atom is -0.334 e. The van der Waals surface area contributed by atoms with Crippen molar-refractivity contribution in [3.05, 3.63) is 18.7 Å². The fourth-order valence-electron chi connectivity index (χ4n) is 2.75. The molecule has 0 radical (unpaired) electrons. The molecule has 0 saturated heterocycles. The molecule has 1 saturated carbocycles. The third kappa shape index (κ3) is 2.34. The van der Waals surface area contributed by atoms with Crippen molar-refractivity contribution in [1.29, 1.82) is 0 Å². The minimum absolute atomic E-state index is 0.210. The second-order valence-corrected chi connectivity index (χ2v) is 4.64. The minimum atomic E-state index is 0.210. The predicted molar refractivity (Wildman–Crippen MR) is 63.1 cm³/mol. The molecule has 3 heteroatoms. The molecule has 88 valence electrons. The average Bonchev–Trinajstić information content (AvgIpc) is 2.72. The van der Waals surface area contributed by atoms with Crippen molar-refractivity contribution < 1.29 is 4.79 Å². The van der Waals surface area contributed by atoms with Gasteiger partial charge in [-0.2, -0.15) is 0 Å². The summed E-state index contributed by atoms with van der Waals surface area (Å²) in [7, 11) is 0. The Morgan fingerprint density at radius 2 is 2.19 bits per heavy atom. The van der Waals surface area contributed by atoms with Crippen molar-refractivity contribution in [2.45, 2.75) is 51.5 Å². The summed E-state index contributed by atoms with van der Waals surface area (Å²) < 4.78 is 2.13. The maximum absolute atomic E-state index is 12.0. The summed E-state index contributed by atoms with van der Waals surface area (Å²) >= 11 is 0. The highest BCUT2D eigenvalue weighted by atomic mass is 16.1. The molecule has 0 spiro atoms. The van der Waals surface area contributed by atoms with Gasteiger partial charge in [-0.05, 0) is 12.8 Å². The highest BCUT2D eigenvalue weighted by Gasteiger charge is 2.29. The summed E-state index contributed by atoms with van der Waals surface area (Å²) in [5.74, 6) is 0.627. The van der Waals surface area contributed by atoms with Crippen LogP contribution in [-0.2, 0) is 4.79 Å². The first-order valence-corrected chi connectivity index (χ1v) is 6.33. The SMILES string of the molecule is CCC(=O)C1CCCCCC1n1ccnc1. The molecular weight excluding hydrogens is 200 g/mol. The normalized spacial score (nSPS) is 26.3. The molecule has 3 nitrogen and oxygen atoms in total. The van der Waals surface area contributed by atoms with Gasteiger partial charge in [-0.1, -0.05) is 26.2 Å². The van der Waals surface area contributed by atoms with Crippen LogP contribution in [0.2, 0.25) is 0 Å². The molecule has 1 heterocycles. The first-order chi connectivity index (χ1) is 7.83. The number of carbonyl (C=O) groups excluding carboxylic acids is 1. The smallest absolute Gasteiger partial charge is 0.137 e. The summed E-state index contributed by atoms with van der Waals surface area (Å²) in [5, 5.41) is 0. The third-order valence-electron chi connectivity index (χ3n) is 3.65. The van der Waals surface area contributed by atoms with Gasteiger partial charge in [0, 0.05) is 30.8 Å². The number of imidazole rings is 1. The van der Waals surface area contributed by atoms with Crippen LogP contribution in [0.1, 0.15) is 51.5 Å². The van der Waals surface area contributed by atoms with E-state index in [0.717, 1.165) is 12.8 Å².